The van der Waals surface area contributed by atoms with Crippen molar-refractivity contribution in [2.45, 2.75) is 25.9 Å². The fourth-order valence-electron chi connectivity index (χ4n) is 1.45. The molecule has 1 rings (SSSR count). The van der Waals surface area contributed by atoms with Crippen LogP contribution >= 0.6 is 0 Å². The predicted octanol–water partition coefficient (Wildman–Crippen LogP) is 1.82. The lowest BCUT2D eigenvalue weighted by Gasteiger charge is -2.22. The number of benzene rings is 1. The Labute approximate surface area is 114 Å². The molecule has 1 amide bonds. The molecule has 0 spiro atoms. The van der Waals surface area contributed by atoms with Gasteiger partial charge in [-0.05, 0) is 32.0 Å². The zero-order chi connectivity index (χ0) is 14.5. The summed E-state index contributed by atoms with van der Waals surface area (Å²) in [4.78, 5) is 11.5. The van der Waals surface area contributed by atoms with Gasteiger partial charge < -0.3 is 20.5 Å². The summed E-state index contributed by atoms with van der Waals surface area (Å²) < 4.78 is 10.9. The first-order valence-electron chi connectivity index (χ1n) is 6.19. The third-order valence-corrected chi connectivity index (χ3v) is 3.02. The smallest absolute Gasteiger partial charge is 0.251 e. The van der Waals surface area contributed by atoms with Gasteiger partial charge in [-0.2, -0.15) is 0 Å². The molecule has 5 nitrogen and oxygen atoms in total. The number of carbonyl (C=O) groups is 1. The Bertz CT molecular complexity index is 444. The molecule has 0 aliphatic heterocycles. The van der Waals surface area contributed by atoms with Crippen molar-refractivity contribution in [3.05, 3.63) is 23.8 Å². The minimum Gasteiger partial charge on any atom is -0.491 e. The van der Waals surface area contributed by atoms with Crippen LogP contribution in [0.25, 0.3) is 0 Å². The van der Waals surface area contributed by atoms with Crippen LogP contribution in [0, 0.1) is 0 Å². The van der Waals surface area contributed by atoms with Crippen molar-refractivity contribution in [1.82, 2.24) is 5.32 Å². The minimum absolute atomic E-state index is 0.165. The summed E-state index contributed by atoms with van der Waals surface area (Å²) in [6.07, 6.45) is 0.729. The van der Waals surface area contributed by atoms with E-state index in [-0.39, 0.29) is 11.5 Å². The van der Waals surface area contributed by atoms with E-state index in [2.05, 4.69) is 5.32 Å². The zero-order valence-corrected chi connectivity index (χ0v) is 11.9. The van der Waals surface area contributed by atoms with E-state index in [1.54, 1.807) is 32.4 Å². The minimum atomic E-state index is -0.243. The highest BCUT2D eigenvalue weighted by atomic mass is 16.5. The Morgan fingerprint density at radius 2 is 2.11 bits per heavy atom. The van der Waals surface area contributed by atoms with E-state index in [4.69, 9.17) is 15.2 Å². The number of ether oxygens (including phenoxy) is 2. The number of rotatable bonds is 6. The predicted molar refractivity (Wildman–Crippen MR) is 75.4 cm³/mol. The monoisotopic (exact) mass is 266 g/mol. The van der Waals surface area contributed by atoms with Gasteiger partial charge in [0.05, 0.1) is 17.9 Å². The highest BCUT2D eigenvalue weighted by molar-refractivity contribution is 5.95. The number of carbonyl (C=O) groups excluding carboxylic acids is 1. The zero-order valence-electron chi connectivity index (χ0n) is 11.9. The van der Waals surface area contributed by atoms with E-state index >= 15 is 0 Å². The molecule has 0 atom stereocenters. The lowest BCUT2D eigenvalue weighted by atomic mass is 10.1. The molecule has 0 aromatic heterocycles. The second-order valence-electron chi connectivity index (χ2n) is 4.89. The number of methoxy groups -OCH3 is 1. The molecule has 0 aliphatic rings. The molecule has 0 fully saturated rings. The van der Waals surface area contributed by atoms with Crippen LogP contribution in [0.15, 0.2) is 18.2 Å². The summed E-state index contributed by atoms with van der Waals surface area (Å²) in [7, 11) is 3.25. The topological polar surface area (TPSA) is 73.6 Å². The number of anilines is 1. The molecule has 0 heterocycles. The molecule has 5 heteroatoms. The lowest BCUT2D eigenvalue weighted by Crippen LogP contribution is -2.25. The first-order chi connectivity index (χ1) is 8.89. The molecule has 0 bridgehead atoms. The van der Waals surface area contributed by atoms with E-state index in [1.165, 1.54) is 0 Å². The number of amides is 1. The van der Waals surface area contributed by atoms with Crippen LogP contribution < -0.4 is 15.8 Å². The molecule has 19 heavy (non-hydrogen) atoms. The number of nitrogens with one attached hydrogen (secondary N) is 1. The molecule has 3 N–H and O–H groups in total. The third-order valence-electron chi connectivity index (χ3n) is 3.02. The van der Waals surface area contributed by atoms with Crippen LogP contribution in [0.5, 0.6) is 5.75 Å². The maximum atomic E-state index is 11.5. The van der Waals surface area contributed by atoms with Gasteiger partial charge in [0.25, 0.3) is 5.91 Å². The Balaban J connectivity index is 2.70. The standard InChI is InChI=1S/C14H22N2O3/c1-14(2,18-4)7-8-19-12-9-10(13(17)16-3)5-6-11(12)15/h5-6,9H,7-8,15H2,1-4H3,(H,16,17). The van der Waals surface area contributed by atoms with Gasteiger partial charge in [0.15, 0.2) is 0 Å². The van der Waals surface area contributed by atoms with Crippen LogP contribution in [0.4, 0.5) is 5.69 Å². The molecule has 0 radical (unpaired) electrons. The first kappa shape index (κ1) is 15.3. The van der Waals surface area contributed by atoms with E-state index in [0.29, 0.717) is 23.6 Å². The Kier molecular flexibility index (Phi) is 5.18. The third kappa shape index (κ3) is 4.44. The number of nitrogens with two attached hydrogens (primary N) is 1. The SMILES string of the molecule is CNC(=O)c1ccc(N)c(OCCC(C)(C)OC)c1. The highest BCUT2D eigenvalue weighted by Gasteiger charge is 2.16. The molecule has 106 valence electrons. The van der Waals surface area contributed by atoms with Crippen LogP contribution in [0.2, 0.25) is 0 Å². The van der Waals surface area contributed by atoms with E-state index < -0.39 is 0 Å². The van der Waals surface area contributed by atoms with Crippen LogP contribution in [0.1, 0.15) is 30.6 Å². The Morgan fingerprint density at radius 3 is 2.68 bits per heavy atom. The normalized spacial score (nSPS) is 11.2. The van der Waals surface area contributed by atoms with E-state index in [9.17, 15) is 4.79 Å². The largest absolute Gasteiger partial charge is 0.491 e. The van der Waals surface area contributed by atoms with Crippen molar-refractivity contribution < 1.29 is 14.3 Å². The van der Waals surface area contributed by atoms with Gasteiger partial charge in [0, 0.05) is 26.1 Å². The number of nitrogen functional groups attached to an aromatic ring is 1. The molecule has 0 saturated carbocycles. The summed E-state index contributed by atoms with van der Waals surface area (Å²) in [6.45, 7) is 4.45. The summed E-state index contributed by atoms with van der Waals surface area (Å²) in [5.74, 6) is 0.357. The molecule has 0 unspecified atom stereocenters. The van der Waals surface area contributed by atoms with Gasteiger partial charge in [-0.1, -0.05) is 0 Å². The van der Waals surface area contributed by atoms with Gasteiger partial charge in [-0.25, -0.2) is 0 Å². The van der Waals surface area contributed by atoms with E-state index in [0.717, 1.165) is 6.42 Å². The van der Waals surface area contributed by atoms with Gasteiger partial charge in [-0.15, -0.1) is 0 Å². The number of hydrogen-bond acceptors (Lipinski definition) is 4. The Morgan fingerprint density at radius 1 is 1.42 bits per heavy atom. The quantitative estimate of drug-likeness (QED) is 0.770. The Hall–Kier alpha value is -1.75. The van der Waals surface area contributed by atoms with Crippen molar-refractivity contribution in [2.24, 2.45) is 0 Å². The fourth-order valence-corrected chi connectivity index (χ4v) is 1.45. The first-order valence-corrected chi connectivity index (χ1v) is 6.19. The van der Waals surface area contributed by atoms with Crippen molar-refractivity contribution in [1.29, 1.82) is 0 Å². The van der Waals surface area contributed by atoms with Crippen molar-refractivity contribution in [2.75, 3.05) is 26.5 Å². The summed E-state index contributed by atoms with van der Waals surface area (Å²) in [5, 5.41) is 2.56. The average Bonchev–Trinajstić information content (AvgIpc) is 2.40. The summed E-state index contributed by atoms with van der Waals surface area (Å²) in [5.41, 5.74) is 6.62. The fraction of sp³-hybridized carbons (Fsp3) is 0.500. The van der Waals surface area contributed by atoms with Crippen LogP contribution in [0.3, 0.4) is 0 Å². The maximum absolute atomic E-state index is 11.5. The molecule has 1 aromatic rings. The molecule has 0 saturated heterocycles. The van der Waals surface area contributed by atoms with Crippen molar-refractivity contribution in [3.8, 4) is 5.75 Å². The second kappa shape index (κ2) is 6.43. The number of hydrogen-bond donors (Lipinski definition) is 2. The van der Waals surface area contributed by atoms with Crippen molar-refractivity contribution >= 4 is 11.6 Å². The molecule has 0 aliphatic carbocycles. The van der Waals surface area contributed by atoms with Gasteiger partial charge in [-0.3, -0.25) is 4.79 Å². The molecule has 1 aromatic carbocycles. The van der Waals surface area contributed by atoms with Gasteiger partial charge >= 0.3 is 0 Å². The van der Waals surface area contributed by atoms with Crippen LogP contribution in [-0.2, 0) is 4.74 Å². The second-order valence-corrected chi connectivity index (χ2v) is 4.89. The summed E-state index contributed by atoms with van der Waals surface area (Å²) in [6, 6.07) is 4.98. The van der Waals surface area contributed by atoms with Crippen LogP contribution in [-0.4, -0.2) is 32.3 Å². The lowest BCUT2D eigenvalue weighted by molar-refractivity contribution is 0.00550. The molecular weight excluding hydrogens is 244 g/mol. The molecular formula is C14H22N2O3. The summed E-state index contributed by atoms with van der Waals surface area (Å²) >= 11 is 0. The highest BCUT2D eigenvalue weighted by Crippen LogP contribution is 2.24. The van der Waals surface area contributed by atoms with Gasteiger partial charge in [0.2, 0.25) is 0 Å². The maximum Gasteiger partial charge on any atom is 0.251 e. The van der Waals surface area contributed by atoms with E-state index in [1.807, 2.05) is 13.8 Å². The average molecular weight is 266 g/mol. The van der Waals surface area contributed by atoms with Gasteiger partial charge in [0.1, 0.15) is 5.75 Å². The van der Waals surface area contributed by atoms with Crippen molar-refractivity contribution in [3.63, 3.8) is 0 Å².